The summed E-state index contributed by atoms with van der Waals surface area (Å²) in [5.74, 6) is 0.584. The van der Waals surface area contributed by atoms with Crippen LogP contribution in [0, 0.1) is 0 Å². The van der Waals surface area contributed by atoms with Gasteiger partial charge >= 0.3 is 0 Å². The lowest BCUT2D eigenvalue weighted by Gasteiger charge is -2.13. The zero-order valence-electron chi connectivity index (χ0n) is 9.11. The van der Waals surface area contributed by atoms with Gasteiger partial charge in [-0.1, -0.05) is 0 Å². The fourth-order valence-electron chi connectivity index (χ4n) is 1.18. The van der Waals surface area contributed by atoms with Crippen molar-refractivity contribution in [3.8, 4) is 11.5 Å². The van der Waals surface area contributed by atoms with E-state index in [9.17, 15) is 4.79 Å². The van der Waals surface area contributed by atoms with Crippen molar-refractivity contribution in [3.63, 3.8) is 0 Å². The molecule has 82 valence electrons. The highest BCUT2D eigenvalue weighted by Crippen LogP contribution is 2.25. The maximum Gasteiger partial charge on any atom is 0.252 e. The first-order valence-electron chi connectivity index (χ1n) is 4.69. The number of hydrogen-bond donors (Lipinski definition) is 1. The van der Waals surface area contributed by atoms with E-state index in [1.165, 1.54) is 0 Å². The third-order valence-corrected chi connectivity index (χ3v) is 1.82. The Bertz CT molecular complexity index is 361. The van der Waals surface area contributed by atoms with Crippen LogP contribution in [0.1, 0.15) is 24.2 Å². The molecule has 1 amide bonds. The first kappa shape index (κ1) is 11.4. The molecule has 4 nitrogen and oxygen atoms in total. The number of amides is 1. The predicted octanol–water partition coefficient (Wildman–Crippen LogP) is 1.58. The zero-order valence-corrected chi connectivity index (χ0v) is 9.11. The standard InChI is InChI=1S/C11H15NO3/c1-7(2)15-10-6-8(14-3)4-5-9(10)11(12)13/h4-7H,1-3H3,(H2,12,13). The summed E-state index contributed by atoms with van der Waals surface area (Å²) in [4.78, 5) is 11.1. The SMILES string of the molecule is COc1ccc(C(N)=O)c(OC(C)C)c1. The number of nitrogens with two attached hydrogens (primary N) is 1. The molecule has 0 aliphatic rings. The molecule has 0 aromatic heterocycles. The Labute approximate surface area is 89.0 Å². The highest BCUT2D eigenvalue weighted by atomic mass is 16.5. The molecule has 0 aliphatic heterocycles. The van der Waals surface area contributed by atoms with Crippen LogP contribution in [0.5, 0.6) is 11.5 Å². The van der Waals surface area contributed by atoms with Crippen LogP contribution >= 0.6 is 0 Å². The Balaban J connectivity index is 3.10. The number of primary amides is 1. The highest BCUT2D eigenvalue weighted by molar-refractivity contribution is 5.95. The third-order valence-electron chi connectivity index (χ3n) is 1.82. The first-order valence-corrected chi connectivity index (χ1v) is 4.69. The maximum atomic E-state index is 11.1. The average Bonchev–Trinajstić information content (AvgIpc) is 2.16. The van der Waals surface area contributed by atoms with E-state index >= 15 is 0 Å². The molecule has 0 fully saturated rings. The van der Waals surface area contributed by atoms with E-state index in [0.29, 0.717) is 17.1 Å². The number of rotatable bonds is 4. The van der Waals surface area contributed by atoms with Crippen LogP contribution in [-0.4, -0.2) is 19.1 Å². The van der Waals surface area contributed by atoms with Gasteiger partial charge in [0.15, 0.2) is 0 Å². The quantitative estimate of drug-likeness (QED) is 0.818. The van der Waals surface area contributed by atoms with Crippen molar-refractivity contribution in [2.24, 2.45) is 5.73 Å². The topological polar surface area (TPSA) is 61.5 Å². The second-order valence-corrected chi connectivity index (χ2v) is 3.39. The van der Waals surface area contributed by atoms with Gasteiger partial charge in [-0.3, -0.25) is 4.79 Å². The van der Waals surface area contributed by atoms with Crippen LogP contribution in [-0.2, 0) is 0 Å². The predicted molar refractivity (Wildman–Crippen MR) is 57.3 cm³/mol. The molecule has 1 aromatic rings. The Hall–Kier alpha value is -1.71. The summed E-state index contributed by atoms with van der Waals surface area (Å²) in [6, 6.07) is 4.92. The summed E-state index contributed by atoms with van der Waals surface area (Å²) in [6.45, 7) is 3.76. The van der Waals surface area contributed by atoms with Gasteiger partial charge in [0.1, 0.15) is 11.5 Å². The first-order chi connectivity index (χ1) is 7.04. The average molecular weight is 209 g/mol. The van der Waals surface area contributed by atoms with Crippen LogP contribution < -0.4 is 15.2 Å². The van der Waals surface area contributed by atoms with E-state index in [0.717, 1.165) is 0 Å². The van der Waals surface area contributed by atoms with E-state index in [-0.39, 0.29) is 6.10 Å². The molecule has 0 saturated heterocycles. The molecule has 0 bridgehead atoms. The van der Waals surface area contributed by atoms with Crippen LogP contribution in [0.3, 0.4) is 0 Å². The largest absolute Gasteiger partial charge is 0.497 e. The second-order valence-electron chi connectivity index (χ2n) is 3.39. The maximum absolute atomic E-state index is 11.1. The van der Waals surface area contributed by atoms with Crippen LogP contribution in [0.2, 0.25) is 0 Å². The molecule has 2 N–H and O–H groups in total. The van der Waals surface area contributed by atoms with Crippen molar-refractivity contribution in [2.75, 3.05) is 7.11 Å². The minimum absolute atomic E-state index is 0.0183. The molecule has 15 heavy (non-hydrogen) atoms. The van der Waals surface area contributed by atoms with Gasteiger partial charge in [0.25, 0.3) is 5.91 Å². The van der Waals surface area contributed by atoms with Crippen molar-refractivity contribution < 1.29 is 14.3 Å². The molecule has 1 aromatic carbocycles. The Kier molecular flexibility index (Phi) is 3.55. The molecular formula is C11H15NO3. The smallest absolute Gasteiger partial charge is 0.252 e. The minimum Gasteiger partial charge on any atom is -0.497 e. The molecule has 0 aliphatic carbocycles. The van der Waals surface area contributed by atoms with E-state index in [2.05, 4.69) is 0 Å². The molecule has 0 spiro atoms. The Morgan fingerprint density at radius 2 is 2.07 bits per heavy atom. The van der Waals surface area contributed by atoms with Crippen LogP contribution in [0.25, 0.3) is 0 Å². The molecule has 1 rings (SSSR count). The van der Waals surface area contributed by atoms with Gasteiger partial charge in [-0.25, -0.2) is 0 Å². The van der Waals surface area contributed by atoms with Gasteiger partial charge in [0.2, 0.25) is 0 Å². The van der Waals surface area contributed by atoms with Gasteiger partial charge in [-0.05, 0) is 26.0 Å². The molecule has 0 atom stereocenters. The van der Waals surface area contributed by atoms with Crippen molar-refractivity contribution >= 4 is 5.91 Å². The Morgan fingerprint density at radius 3 is 2.53 bits per heavy atom. The summed E-state index contributed by atoms with van der Waals surface area (Å²) in [7, 11) is 1.55. The summed E-state index contributed by atoms with van der Waals surface area (Å²) in [5, 5.41) is 0. The van der Waals surface area contributed by atoms with Gasteiger partial charge in [-0.2, -0.15) is 0 Å². The van der Waals surface area contributed by atoms with Crippen LogP contribution in [0.4, 0.5) is 0 Å². The van der Waals surface area contributed by atoms with Gasteiger partial charge in [0, 0.05) is 6.07 Å². The second kappa shape index (κ2) is 4.68. The van der Waals surface area contributed by atoms with E-state index < -0.39 is 5.91 Å². The minimum atomic E-state index is -0.506. The van der Waals surface area contributed by atoms with E-state index in [1.54, 1.807) is 25.3 Å². The summed E-state index contributed by atoms with van der Waals surface area (Å²) in [5.41, 5.74) is 5.59. The number of carbonyl (C=O) groups excluding carboxylic acids is 1. The highest BCUT2D eigenvalue weighted by Gasteiger charge is 2.11. The van der Waals surface area contributed by atoms with Crippen molar-refractivity contribution in [2.45, 2.75) is 20.0 Å². The van der Waals surface area contributed by atoms with Crippen LogP contribution in [0.15, 0.2) is 18.2 Å². The van der Waals surface area contributed by atoms with Gasteiger partial charge in [0.05, 0.1) is 18.8 Å². The third kappa shape index (κ3) is 2.87. The monoisotopic (exact) mass is 209 g/mol. The number of carbonyl (C=O) groups is 1. The normalized spacial score (nSPS) is 10.1. The number of hydrogen-bond acceptors (Lipinski definition) is 3. The summed E-state index contributed by atoms with van der Waals surface area (Å²) >= 11 is 0. The number of methoxy groups -OCH3 is 1. The van der Waals surface area contributed by atoms with E-state index in [4.69, 9.17) is 15.2 Å². The lowest BCUT2D eigenvalue weighted by atomic mass is 10.2. The molecule has 0 saturated carbocycles. The number of ether oxygens (including phenoxy) is 2. The molecule has 0 radical (unpaired) electrons. The van der Waals surface area contributed by atoms with Gasteiger partial charge in [-0.15, -0.1) is 0 Å². The lowest BCUT2D eigenvalue weighted by molar-refractivity contribution is 0.0994. The van der Waals surface area contributed by atoms with E-state index in [1.807, 2.05) is 13.8 Å². The molecule has 0 unspecified atom stereocenters. The van der Waals surface area contributed by atoms with Crippen molar-refractivity contribution in [1.82, 2.24) is 0 Å². The lowest BCUT2D eigenvalue weighted by Crippen LogP contribution is -2.15. The van der Waals surface area contributed by atoms with Crippen molar-refractivity contribution in [1.29, 1.82) is 0 Å². The summed E-state index contributed by atoms with van der Waals surface area (Å²) in [6.07, 6.45) is -0.0183. The summed E-state index contributed by atoms with van der Waals surface area (Å²) < 4.78 is 10.5. The number of benzene rings is 1. The molecule has 4 heteroatoms. The fraction of sp³-hybridized carbons (Fsp3) is 0.364. The Morgan fingerprint density at radius 1 is 1.40 bits per heavy atom. The fourth-order valence-corrected chi connectivity index (χ4v) is 1.18. The zero-order chi connectivity index (χ0) is 11.4. The molecule has 0 heterocycles. The van der Waals surface area contributed by atoms with Crippen molar-refractivity contribution in [3.05, 3.63) is 23.8 Å². The van der Waals surface area contributed by atoms with Gasteiger partial charge < -0.3 is 15.2 Å². The molecular weight excluding hydrogens is 194 g/mol.